The Bertz CT molecular complexity index is 230. The van der Waals surface area contributed by atoms with E-state index in [0.29, 0.717) is 11.9 Å². The Balaban J connectivity index is 2.35. The van der Waals surface area contributed by atoms with Crippen molar-refractivity contribution in [2.45, 2.75) is 52.0 Å². The molecule has 16 heavy (non-hydrogen) atoms. The van der Waals surface area contributed by atoms with Gasteiger partial charge >= 0.3 is 0 Å². The van der Waals surface area contributed by atoms with E-state index in [4.69, 9.17) is 10.9 Å². The predicted octanol–water partition coefficient (Wildman–Crippen LogP) is 1.93. The highest BCUT2D eigenvalue weighted by molar-refractivity contribution is 5.82. The first-order chi connectivity index (χ1) is 7.65. The van der Waals surface area contributed by atoms with Crippen molar-refractivity contribution in [2.75, 3.05) is 6.54 Å². The third-order valence-electron chi connectivity index (χ3n) is 3.67. The van der Waals surface area contributed by atoms with Gasteiger partial charge in [-0.1, -0.05) is 38.3 Å². The van der Waals surface area contributed by atoms with Crippen molar-refractivity contribution in [1.29, 1.82) is 0 Å². The van der Waals surface area contributed by atoms with Crippen LogP contribution in [-0.4, -0.2) is 23.6 Å². The highest BCUT2D eigenvalue weighted by Gasteiger charge is 2.20. The van der Waals surface area contributed by atoms with Crippen molar-refractivity contribution in [3.8, 4) is 0 Å². The van der Waals surface area contributed by atoms with Crippen molar-refractivity contribution in [1.82, 2.24) is 5.32 Å². The lowest BCUT2D eigenvalue weighted by Gasteiger charge is -2.24. The zero-order valence-corrected chi connectivity index (χ0v) is 10.4. The molecule has 4 nitrogen and oxygen atoms in total. The van der Waals surface area contributed by atoms with Crippen molar-refractivity contribution >= 4 is 5.84 Å². The van der Waals surface area contributed by atoms with E-state index in [1.54, 1.807) is 0 Å². The summed E-state index contributed by atoms with van der Waals surface area (Å²) in [6.45, 7) is 5.09. The van der Waals surface area contributed by atoms with Gasteiger partial charge in [0.15, 0.2) is 0 Å². The van der Waals surface area contributed by atoms with Crippen LogP contribution in [0.1, 0.15) is 46.0 Å². The first-order valence-electron chi connectivity index (χ1n) is 6.36. The Labute approximate surface area is 98.3 Å². The molecule has 3 atom stereocenters. The number of nitrogens with two attached hydrogens (primary N) is 1. The van der Waals surface area contributed by atoms with Crippen molar-refractivity contribution in [3.63, 3.8) is 0 Å². The van der Waals surface area contributed by atoms with Gasteiger partial charge in [-0.2, -0.15) is 0 Å². The van der Waals surface area contributed by atoms with Gasteiger partial charge < -0.3 is 16.3 Å². The van der Waals surface area contributed by atoms with Gasteiger partial charge in [0.2, 0.25) is 0 Å². The van der Waals surface area contributed by atoms with E-state index in [1.165, 1.54) is 32.1 Å². The van der Waals surface area contributed by atoms with Crippen LogP contribution in [-0.2, 0) is 0 Å². The number of nitrogens with zero attached hydrogens (tertiary/aromatic N) is 1. The average molecular weight is 227 g/mol. The SMILES string of the molecule is CC(CNC1CCCCCC1C)C(N)=NO. The van der Waals surface area contributed by atoms with E-state index >= 15 is 0 Å². The summed E-state index contributed by atoms with van der Waals surface area (Å²) in [7, 11) is 0. The summed E-state index contributed by atoms with van der Waals surface area (Å²) in [6.07, 6.45) is 6.60. The topological polar surface area (TPSA) is 70.6 Å². The molecule has 1 aliphatic rings. The average Bonchev–Trinajstić information content (AvgIpc) is 2.50. The predicted molar refractivity (Wildman–Crippen MR) is 66.6 cm³/mol. The van der Waals surface area contributed by atoms with Crippen LogP contribution in [0.15, 0.2) is 5.16 Å². The quantitative estimate of drug-likeness (QED) is 0.226. The third kappa shape index (κ3) is 4.00. The summed E-state index contributed by atoms with van der Waals surface area (Å²) in [6, 6.07) is 0.594. The van der Waals surface area contributed by atoms with E-state index in [1.807, 2.05) is 6.92 Å². The molecule has 0 aromatic heterocycles. The number of hydrogen-bond acceptors (Lipinski definition) is 3. The molecular weight excluding hydrogens is 202 g/mol. The van der Waals surface area contributed by atoms with Gasteiger partial charge in [-0.25, -0.2) is 0 Å². The number of oxime groups is 1. The molecule has 3 unspecified atom stereocenters. The van der Waals surface area contributed by atoms with Gasteiger partial charge in [-0.05, 0) is 18.8 Å². The smallest absolute Gasteiger partial charge is 0.143 e. The molecule has 1 saturated carbocycles. The van der Waals surface area contributed by atoms with E-state index in [-0.39, 0.29) is 5.92 Å². The fraction of sp³-hybridized carbons (Fsp3) is 0.917. The van der Waals surface area contributed by atoms with Gasteiger partial charge in [0.25, 0.3) is 0 Å². The number of amidine groups is 1. The Morgan fingerprint density at radius 2 is 2.12 bits per heavy atom. The molecule has 0 bridgehead atoms. The number of nitrogens with one attached hydrogen (secondary N) is 1. The third-order valence-corrected chi connectivity index (χ3v) is 3.67. The largest absolute Gasteiger partial charge is 0.409 e. The zero-order valence-electron chi connectivity index (χ0n) is 10.4. The summed E-state index contributed by atoms with van der Waals surface area (Å²) >= 11 is 0. The zero-order chi connectivity index (χ0) is 12.0. The van der Waals surface area contributed by atoms with Gasteiger partial charge in [-0.15, -0.1) is 0 Å². The van der Waals surface area contributed by atoms with Crippen LogP contribution < -0.4 is 11.1 Å². The Morgan fingerprint density at radius 1 is 1.44 bits per heavy atom. The normalized spacial score (nSPS) is 29.8. The van der Waals surface area contributed by atoms with Crippen LogP contribution in [0.4, 0.5) is 0 Å². The Kier molecular flexibility index (Phi) is 5.60. The maximum absolute atomic E-state index is 8.57. The Hall–Kier alpha value is -0.770. The summed E-state index contributed by atoms with van der Waals surface area (Å²) in [4.78, 5) is 0. The molecule has 0 aliphatic heterocycles. The molecule has 0 aromatic carbocycles. The molecule has 1 rings (SSSR count). The summed E-state index contributed by atoms with van der Waals surface area (Å²) < 4.78 is 0. The number of hydrogen-bond donors (Lipinski definition) is 3. The summed E-state index contributed by atoms with van der Waals surface area (Å²) in [5, 5.41) is 15.2. The molecular formula is C12H25N3O. The molecule has 0 radical (unpaired) electrons. The van der Waals surface area contributed by atoms with Crippen molar-refractivity contribution in [2.24, 2.45) is 22.7 Å². The monoisotopic (exact) mass is 227 g/mol. The summed E-state index contributed by atoms with van der Waals surface area (Å²) in [5.74, 6) is 1.15. The van der Waals surface area contributed by atoms with Crippen LogP contribution in [0.2, 0.25) is 0 Å². The molecule has 0 amide bonds. The van der Waals surface area contributed by atoms with Gasteiger partial charge in [-0.3, -0.25) is 0 Å². The minimum Gasteiger partial charge on any atom is -0.409 e. The maximum atomic E-state index is 8.57. The maximum Gasteiger partial charge on any atom is 0.143 e. The minimum absolute atomic E-state index is 0.0976. The molecule has 0 saturated heterocycles. The van der Waals surface area contributed by atoms with Crippen LogP contribution in [0.3, 0.4) is 0 Å². The second kappa shape index (κ2) is 6.74. The van der Waals surface area contributed by atoms with Crippen molar-refractivity contribution in [3.05, 3.63) is 0 Å². The first kappa shape index (κ1) is 13.3. The molecule has 1 fully saturated rings. The Morgan fingerprint density at radius 3 is 2.81 bits per heavy atom. The van der Waals surface area contributed by atoms with E-state index in [9.17, 15) is 0 Å². The van der Waals surface area contributed by atoms with Gasteiger partial charge in [0.05, 0.1) is 0 Å². The standard InChI is InChI=1S/C12H25N3O/c1-9-6-4-3-5-7-11(9)14-8-10(2)12(13)15-16/h9-11,14,16H,3-8H2,1-2H3,(H2,13,15). The minimum atomic E-state index is 0.0976. The lowest BCUT2D eigenvalue weighted by molar-refractivity contribution is 0.311. The summed E-state index contributed by atoms with van der Waals surface area (Å²) in [5.41, 5.74) is 5.56. The van der Waals surface area contributed by atoms with Gasteiger partial charge in [0, 0.05) is 18.5 Å². The highest BCUT2D eigenvalue weighted by atomic mass is 16.4. The van der Waals surface area contributed by atoms with Crippen LogP contribution in [0.25, 0.3) is 0 Å². The number of rotatable bonds is 4. The van der Waals surface area contributed by atoms with Crippen LogP contribution >= 0.6 is 0 Å². The second-order valence-corrected chi connectivity index (χ2v) is 5.06. The second-order valence-electron chi connectivity index (χ2n) is 5.06. The van der Waals surface area contributed by atoms with E-state index in [2.05, 4.69) is 17.4 Å². The van der Waals surface area contributed by atoms with Crippen LogP contribution in [0, 0.1) is 11.8 Å². The lowest BCUT2D eigenvalue weighted by atomic mass is 9.96. The van der Waals surface area contributed by atoms with E-state index in [0.717, 1.165) is 12.5 Å². The fourth-order valence-electron chi connectivity index (χ4n) is 2.33. The van der Waals surface area contributed by atoms with Crippen molar-refractivity contribution < 1.29 is 5.21 Å². The first-order valence-corrected chi connectivity index (χ1v) is 6.36. The molecule has 94 valence electrons. The molecule has 0 heterocycles. The molecule has 0 aromatic rings. The van der Waals surface area contributed by atoms with Gasteiger partial charge in [0.1, 0.15) is 5.84 Å². The van der Waals surface area contributed by atoms with Crippen LogP contribution in [0.5, 0.6) is 0 Å². The van der Waals surface area contributed by atoms with E-state index < -0.39 is 0 Å². The highest BCUT2D eigenvalue weighted by Crippen LogP contribution is 2.22. The lowest BCUT2D eigenvalue weighted by Crippen LogP contribution is -2.40. The fourth-order valence-corrected chi connectivity index (χ4v) is 2.33. The molecule has 0 spiro atoms. The molecule has 1 aliphatic carbocycles. The molecule has 4 N–H and O–H groups in total. The molecule has 4 heteroatoms.